The number of benzene rings is 3. The van der Waals surface area contributed by atoms with Crippen molar-refractivity contribution in [1.29, 1.82) is 0 Å². The molecule has 0 aromatic heterocycles. The number of thioether (sulfide) groups is 1. The molecule has 6 rings (SSSR count). The summed E-state index contributed by atoms with van der Waals surface area (Å²) in [4.78, 5) is 42.9. The van der Waals surface area contributed by atoms with Crippen LogP contribution in [0.15, 0.2) is 78.9 Å². The van der Waals surface area contributed by atoms with Crippen molar-refractivity contribution in [2.75, 3.05) is 38.5 Å². The molecule has 8 nitrogen and oxygen atoms in total. The number of likely N-dealkylation sites (tertiary alicyclic amines) is 1. The monoisotopic (exact) mass is 571 g/mol. The summed E-state index contributed by atoms with van der Waals surface area (Å²) in [6, 6.07) is 26.3. The van der Waals surface area contributed by atoms with E-state index in [-0.39, 0.29) is 25.0 Å². The van der Waals surface area contributed by atoms with Crippen LogP contribution < -0.4 is 5.32 Å². The Morgan fingerprint density at radius 3 is 2.27 bits per heavy atom. The molecule has 2 heterocycles. The molecule has 0 saturated carbocycles. The van der Waals surface area contributed by atoms with Gasteiger partial charge in [-0.1, -0.05) is 78.9 Å². The second kappa shape index (κ2) is 11.6. The Bertz CT molecular complexity index is 1400. The average Bonchev–Trinajstić information content (AvgIpc) is 3.55. The van der Waals surface area contributed by atoms with E-state index in [1.54, 1.807) is 4.90 Å². The van der Waals surface area contributed by atoms with Gasteiger partial charge in [0.25, 0.3) is 0 Å². The van der Waals surface area contributed by atoms with E-state index in [1.165, 1.54) is 11.8 Å². The van der Waals surface area contributed by atoms with Crippen LogP contribution in [-0.2, 0) is 20.9 Å². The van der Waals surface area contributed by atoms with Gasteiger partial charge >= 0.3 is 12.1 Å². The number of carbonyl (C=O) groups is 3. The van der Waals surface area contributed by atoms with Crippen LogP contribution in [0.25, 0.3) is 11.1 Å². The van der Waals surface area contributed by atoms with Crippen molar-refractivity contribution >= 4 is 29.7 Å². The number of fused-ring (bicyclic) bond motifs is 3. The smallest absolute Gasteiger partial charge is 0.408 e. The highest BCUT2D eigenvalue weighted by Gasteiger charge is 2.49. The molecule has 41 heavy (non-hydrogen) atoms. The Hall–Kier alpha value is -3.82. The second-order valence-corrected chi connectivity index (χ2v) is 12.2. The molecule has 3 aromatic carbocycles. The van der Waals surface area contributed by atoms with Crippen molar-refractivity contribution in [3.63, 3.8) is 0 Å². The number of hydrogen-bond donors (Lipinski definition) is 2. The summed E-state index contributed by atoms with van der Waals surface area (Å²) in [6.07, 6.45) is -0.215. The van der Waals surface area contributed by atoms with Gasteiger partial charge in [0, 0.05) is 44.4 Å². The first-order chi connectivity index (χ1) is 19.9. The number of nitrogens with one attached hydrogen (secondary N) is 1. The van der Waals surface area contributed by atoms with Crippen molar-refractivity contribution < 1.29 is 24.2 Å². The standard InChI is InChI=1S/C32H33N3O5S/c36-29(37)28-19-35(16-17-41-28)30(38)32(14-15-34(21-32)18-22-8-2-1-3-9-22)33-31(39)40-20-27-25-12-6-4-10-23(25)24-11-5-7-13-26(24)27/h1-13,27-28H,14-21H2,(H,33,39)(H,36,37). The third-order valence-corrected chi connectivity index (χ3v) is 9.49. The molecule has 0 bridgehead atoms. The molecule has 0 radical (unpaired) electrons. The first kappa shape index (κ1) is 27.4. The lowest BCUT2D eigenvalue weighted by molar-refractivity contribution is -0.140. The van der Waals surface area contributed by atoms with Gasteiger partial charge < -0.3 is 20.1 Å². The fourth-order valence-corrected chi connectivity index (χ4v) is 7.35. The number of alkyl carbamates (subject to hydrolysis) is 1. The van der Waals surface area contributed by atoms with Crippen molar-refractivity contribution in [2.24, 2.45) is 0 Å². The Morgan fingerprint density at radius 2 is 1.59 bits per heavy atom. The topological polar surface area (TPSA) is 99.2 Å². The summed E-state index contributed by atoms with van der Waals surface area (Å²) in [5, 5.41) is 11.9. The van der Waals surface area contributed by atoms with Gasteiger partial charge in [0.05, 0.1) is 0 Å². The highest BCUT2D eigenvalue weighted by atomic mass is 32.2. The number of nitrogens with zero attached hydrogens (tertiary/aromatic N) is 2. The second-order valence-electron chi connectivity index (χ2n) is 10.9. The predicted octanol–water partition coefficient (Wildman–Crippen LogP) is 4.20. The van der Waals surface area contributed by atoms with Crippen molar-refractivity contribution in [2.45, 2.75) is 29.7 Å². The van der Waals surface area contributed by atoms with E-state index in [9.17, 15) is 19.5 Å². The minimum atomic E-state index is -1.19. The van der Waals surface area contributed by atoms with E-state index in [0.717, 1.165) is 27.8 Å². The first-order valence-corrected chi connectivity index (χ1v) is 15.0. The predicted molar refractivity (Wildman–Crippen MR) is 158 cm³/mol. The van der Waals surface area contributed by atoms with Crippen molar-refractivity contribution in [3.05, 3.63) is 95.6 Å². The van der Waals surface area contributed by atoms with E-state index < -0.39 is 22.9 Å². The number of carbonyl (C=O) groups excluding carboxylic acids is 2. The molecule has 2 unspecified atom stereocenters. The Labute approximate surface area is 243 Å². The Balaban J connectivity index is 1.19. The molecule has 0 spiro atoms. The molecule has 2 aliphatic heterocycles. The number of carboxylic acid groups (broad SMARTS) is 1. The third-order valence-electron chi connectivity index (χ3n) is 8.32. The highest BCUT2D eigenvalue weighted by molar-refractivity contribution is 8.00. The van der Waals surface area contributed by atoms with E-state index in [2.05, 4.69) is 34.5 Å². The summed E-state index contributed by atoms with van der Waals surface area (Å²) < 4.78 is 5.84. The lowest BCUT2D eigenvalue weighted by Gasteiger charge is -2.38. The molecular formula is C32H33N3O5S. The molecule has 3 aliphatic rings. The van der Waals surface area contributed by atoms with Gasteiger partial charge in [0.2, 0.25) is 5.91 Å². The first-order valence-electron chi connectivity index (χ1n) is 14.0. The van der Waals surface area contributed by atoms with E-state index in [4.69, 9.17) is 4.74 Å². The van der Waals surface area contributed by atoms with Gasteiger partial charge in [-0.15, -0.1) is 11.8 Å². The number of hydrogen-bond acceptors (Lipinski definition) is 6. The molecule has 9 heteroatoms. The molecule has 2 saturated heterocycles. The molecule has 212 valence electrons. The largest absolute Gasteiger partial charge is 0.480 e. The molecule has 3 aromatic rings. The minimum Gasteiger partial charge on any atom is -0.480 e. The Morgan fingerprint density at radius 1 is 0.927 bits per heavy atom. The van der Waals surface area contributed by atoms with Gasteiger partial charge in [0.1, 0.15) is 17.4 Å². The van der Waals surface area contributed by atoms with Gasteiger partial charge in [-0.25, -0.2) is 4.79 Å². The van der Waals surface area contributed by atoms with Crippen LogP contribution in [0, 0.1) is 0 Å². The van der Waals surface area contributed by atoms with Crippen LogP contribution in [0.5, 0.6) is 0 Å². The maximum atomic E-state index is 14.0. The normalized spacial score (nSPS) is 22.1. The van der Waals surface area contributed by atoms with Crippen LogP contribution >= 0.6 is 11.8 Å². The number of amides is 2. The van der Waals surface area contributed by atoms with Crippen molar-refractivity contribution in [3.8, 4) is 11.1 Å². The van der Waals surface area contributed by atoms with Crippen LogP contribution in [-0.4, -0.2) is 82.2 Å². The fourth-order valence-electron chi connectivity index (χ4n) is 6.31. The van der Waals surface area contributed by atoms with Crippen LogP contribution in [0.2, 0.25) is 0 Å². The van der Waals surface area contributed by atoms with Gasteiger partial charge in [-0.05, 0) is 34.2 Å². The molecule has 2 N–H and O–H groups in total. The number of rotatable bonds is 7. The maximum Gasteiger partial charge on any atom is 0.408 e. The minimum absolute atomic E-state index is 0.0894. The molecule has 1 aliphatic carbocycles. The van der Waals surface area contributed by atoms with Crippen LogP contribution in [0.4, 0.5) is 4.79 Å². The quantitative estimate of drug-likeness (QED) is 0.439. The number of aliphatic carboxylic acids is 1. The van der Waals surface area contributed by atoms with E-state index in [0.29, 0.717) is 38.4 Å². The Kier molecular flexibility index (Phi) is 7.73. The molecular weight excluding hydrogens is 538 g/mol. The fraction of sp³-hybridized carbons (Fsp3) is 0.344. The number of ether oxygens (including phenoxy) is 1. The zero-order valence-electron chi connectivity index (χ0n) is 22.7. The third kappa shape index (κ3) is 5.56. The lowest BCUT2D eigenvalue weighted by Crippen LogP contribution is -2.63. The SMILES string of the molecule is O=C(NC1(C(=O)N2CCSC(C(=O)O)C2)CCN(Cc2ccccc2)C1)OCC1c2ccccc2-c2ccccc21. The van der Waals surface area contributed by atoms with Crippen molar-refractivity contribution in [1.82, 2.24) is 15.1 Å². The molecule has 2 amide bonds. The van der Waals surface area contributed by atoms with Crippen LogP contribution in [0.3, 0.4) is 0 Å². The highest BCUT2D eigenvalue weighted by Crippen LogP contribution is 2.44. The summed E-state index contributed by atoms with van der Waals surface area (Å²) in [5.74, 6) is -0.720. The number of carboxylic acids is 1. The van der Waals surface area contributed by atoms with Gasteiger partial charge in [0.15, 0.2) is 0 Å². The van der Waals surface area contributed by atoms with Gasteiger partial charge in [-0.3, -0.25) is 14.5 Å². The molecule has 2 atom stereocenters. The van der Waals surface area contributed by atoms with E-state index >= 15 is 0 Å². The summed E-state index contributed by atoms with van der Waals surface area (Å²) in [6.45, 7) is 2.31. The summed E-state index contributed by atoms with van der Waals surface area (Å²) >= 11 is 1.35. The lowest BCUT2D eigenvalue weighted by atomic mass is 9.96. The zero-order valence-corrected chi connectivity index (χ0v) is 23.5. The van der Waals surface area contributed by atoms with Gasteiger partial charge in [-0.2, -0.15) is 0 Å². The van der Waals surface area contributed by atoms with Crippen LogP contribution in [0.1, 0.15) is 29.0 Å². The molecule has 2 fully saturated rings. The zero-order chi connectivity index (χ0) is 28.4. The summed E-state index contributed by atoms with van der Waals surface area (Å²) in [7, 11) is 0. The summed E-state index contributed by atoms with van der Waals surface area (Å²) in [5.41, 5.74) is 4.46. The van der Waals surface area contributed by atoms with E-state index in [1.807, 2.05) is 54.6 Å². The maximum absolute atomic E-state index is 14.0. The average molecular weight is 572 g/mol.